The third-order valence-electron chi connectivity index (χ3n) is 3.84. The Hall–Kier alpha value is -3.02. The number of hydrogen-bond acceptors (Lipinski definition) is 4. The Balaban J connectivity index is 1.64. The summed E-state index contributed by atoms with van der Waals surface area (Å²) in [5.74, 6) is 1.43. The van der Waals surface area contributed by atoms with E-state index in [0.717, 1.165) is 10.9 Å². The Bertz CT molecular complexity index is 901. The van der Waals surface area contributed by atoms with Crippen LogP contribution in [0.1, 0.15) is 10.4 Å². The first-order valence-electron chi connectivity index (χ1n) is 7.33. The van der Waals surface area contributed by atoms with Gasteiger partial charge < -0.3 is 19.4 Å². The molecule has 0 saturated heterocycles. The molecule has 6 heteroatoms. The van der Waals surface area contributed by atoms with Crippen LogP contribution in [0.2, 0.25) is 0 Å². The van der Waals surface area contributed by atoms with Crippen LogP contribution in [0, 0.1) is 0 Å². The predicted molar refractivity (Wildman–Crippen MR) is 86.1 cm³/mol. The molecule has 0 spiro atoms. The van der Waals surface area contributed by atoms with E-state index in [2.05, 4.69) is 10.3 Å². The van der Waals surface area contributed by atoms with Crippen LogP contribution in [0.5, 0.6) is 11.5 Å². The fourth-order valence-electron chi connectivity index (χ4n) is 2.70. The highest BCUT2D eigenvalue weighted by molar-refractivity contribution is 6.12. The van der Waals surface area contributed by atoms with Gasteiger partial charge in [0.25, 0.3) is 5.91 Å². The van der Waals surface area contributed by atoms with E-state index < -0.39 is 0 Å². The summed E-state index contributed by atoms with van der Waals surface area (Å²) in [6, 6.07) is 9.26. The lowest BCUT2D eigenvalue weighted by molar-refractivity contribution is 0.102. The highest BCUT2D eigenvalue weighted by atomic mass is 16.6. The number of pyridine rings is 1. The maximum atomic E-state index is 12.6. The number of amides is 1. The number of fused-ring (bicyclic) bond motifs is 2. The van der Waals surface area contributed by atoms with Crippen molar-refractivity contribution in [2.24, 2.45) is 7.05 Å². The van der Waals surface area contributed by atoms with E-state index in [0.29, 0.717) is 36.1 Å². The first-order valence-corrected chi connectivity index (χ1v) is 7.33. The number of anilines is 1. The van der Waals surface area contributed by atoms with Crippen LogP contribution in [0.4, 0.5) is 5.82 Å². The summed E-state index contributed by atoms with van der Waals surface area (Å²) in [5, 5.41) is 3.72. The van der Waals surface area contributed by atoms with E-state index in [1.807, 2.05) is 36.0 Å². The molecule has 1 aliphatic rings. The smallest absolute Gasteiger partial charge is 0.257 e. The molecule has 0 radical (unpaired) electrons. The van der Waals surface area contributed by atoms with Crippen molar-refractivity contribution in [3.8, 4) is 11.5 Å². The van der Waals surface area contributed by atoms with Crippen molar-refractivity contribution in [1.82, 2.24) is 9.55 Å². The Morgan fingerprint density at radius 3 is 2.91 bits per heavy atom. The molecule has 0 fully saturated rings. The van der Waals surface area contributed by atoms with E-state index in [1.54, 1.807) is 18.3 Å². The zero-order valence-electron chi connectivity index (χ0n) is 12.6. The van der Waals surface area contributed by atoms with Crippen molar-refractivity contribution in [3.63, 3.8) is 0 Å². The predicted octanol–water partition coefficient (Wildman–Crippen LogP) is 2.60. The minimum absolute atomic E-state index is 0.203. The number of aryl methyl sites for hydroxylation is 1. The molecule has 0 saturated carbocycles. The summed E-state index contributed by atoms with van der Waals surface area (Å²) in [6.07, 6.45) is 3.50. The molecule has 116 valence electrons. The summed E-state index contributed by atoms with van der Waals surface area (Å²) >= 11 is 0. The zero-order chi connectivity index (χ0) is 15.8. The standard InChI is InChI=1S/C17H15N3O3/c1-20-6-5-11-12(3-2-4-13(11)20)17(21)19-16-9-14-15(10-18-16)23-8-7-22-14/h2-6,9-10H,7-8H2,1H3,(H,18,19,21). The summed E-state index contributed by atoms with van der Waals surface area (Å²) in [4.78, 5) is 16.8. The van der Waals surface area contributed by atoms with Crippen molar-refractivity contribution in [1.29, 1.82) is 0 Å². The number of aromatic nitrogens is 2. The molecule has 0 aliphatic carbocycles. The number of benzene rings is 1. The second kappa shape index (κ2) is 5.31. The minimum atomic E-state index is -0.203. The molecule has 2 aromatic heterocycles. The van der Waals surface area contributed by atoms with Crippen molar-refractivity contribution >= 4 is 22.6 Å². The van der Waals surface area contributed by atoms with Gasteiger partial charge in [-0.25, -0.2) is 4.98 Å². The minimum Gasteiger partial charge on any atom is -0.486 e. The topological polar surface area (TPSA) is 65.4 Å². The SMILES string of the molecule is Cn1ccc2c(C(=O)Nc3cc4c(cn3)OCCO4)cccc21. The fourth-order valence-corrected chi connectivity index (χ4v) is 2.70. The van der Waals surface area contributed by atoms with Gasteiger partial charge in [0.1, 0.15) is 19.0 Å². The average Bonchev–Trinajstić information content (AvgIpc) is 2.96. The van der Waals surface area contributed by atoms with Crippen LogP contribution in [0.25, 0.3) is 10.9 Å². The van der Waals surface area contributed by atoms with E-state index in [1.165, 1.54) is 0 Å². The number of rotatable bonds is 2. The first kappa shape index (κ1) is 13.6. The van der Waals surface area contributed by atoms with Gasteiger partial charge in [-0.2, -0.15) is 0 Å². The van der Waals surface area contributed by atoms with Crippen LogP contribution >= 0.6 is 0 Å². The van der Waals surface area contributed by atoms with Crippen LogP contribution < -0.4 is 14.8 Å². The van der Waals surface area contributed by atoms with Crippen LogP contribution in [-0.4, -0.2) is 28.7 Å². The van der Waals surface area contributed by atoms with Gasteiger partial charge in [0.2, 0.25) is 0 Å². The number of hydrogen-bond donors (Lipinski definition) is 1. The maximum absolute atomic E-state index is 12.6. The van der Waals surface area contributed by atoms with Gasteiger partial charge in [0.05, 0.1) is 6.20 Å². The van der Waals surface area contributed by atoms with Crippen molar-refractivity contribution in [2.45, 2.75) is 0 Å². The third kappa shape index (κ3) is 2.38. The maximum Gasteiger partial charge on any atom is 0.257 e. The molecule has 4 rings (SSSR count). The lowest BCUT2D eigenvalue weighted by atomic mass is 10.1. The van der Waals surface area contributed by atoms with Crippen molar-refractivity contribution in [2.75, 3.05) is 18.5 Å². The van der Waals surface area contributed by atoms with E-state index >= 15 is 0 Å². The number of carbonyl (C=O) groups excluding carboxylic acids is 1. The molecular formula is C17H15N3O3. The second-order valence-corrected chi connectivity index (χ2v) is 5.33. The molecule has 6 nitrogen and oxygen atoms in total. The zero-order valence-corrected chi connectivity index (χ0v) is 12.6. The largest absolute Gasteiger partial charge is 0.486 e. The molecule has 1 aliphatic heterocycles. The number of ether oxygens (including phenoxy) is 2. The van der Waals surface area contributed by atoms with Gasteiger partial charge in [0, 0.05) is 35.8 Å². The number of nitrogens with one attached hydrogen (secondary N) is 1. The highest BCUT2D eigenvalue weighted by Crippen LogP contribution is 2.31. The lowest BCUT2D eigenvalue weighted by Gasteiger charge is -2.18. The van der Waals surface area contributed by atoms with Gasteiger partial charge in [-0.05, 0) is 18.2 Å². The Kier molecular flexibility index (Phi) is 3.15. The van der Waals surface area contributed by atoms with Crippen LogP contribution in [0.15, 0.2) is 42.7 Å². The highest BCUT2D eigenvalue weighted by Gasteiger charge is 2.16. The third-order valence-corrected chi connectivity index (χ3v) is 3.84. The van der Waals surface area contributed by atoms with Gasteiger partial charge >= 0.3 is 0 Å². The summed E-state index contributed by atoms with van der Waals surface area (Å²) in [6.45, 7) is 1.00. The Morgan fingerprint density at radius 1 is 1.22 bits per heavy atom. The molecule has 0 atom stereocenters. The summed E-state index contributed by atoms with van der Waals surface area (Å²) in [7, 11) is 1.95. The molecular weight excluding hydrogens is 294 g/mol. The van der Waals surface area contributed by atoms with Crippen LogP contribution in [0.3, 0.4) is 0 Å². The first-order chi connectivity index (χ1) is 11.2. The van der Waals surface area contributed by atoms with Gasteiger partial charge in [-0.3, -0.25) is 4.79 Å². The van der Waals surface area contributed by atoms with Crippen molar-refractivity contribution < 1.29 is 14.3 Å². The molecule has 3 heterocycles. The van der Waals surface area contributed by atoms with E-state index in [9.17, 15) is 4.79 Å². The van der Waals surface area contributed by atoms with Gasteiger partial charge in [-0.15, -0.1) is 0 Å². The Labute approximate surface area is 132 Å². The lowest BCUT2D eigenvalue weighted by Crippen LogP contribution is -2.17. The van der Waals surface area contributed by atoms with Crippen molar-refractivity contribution in [3.05, 3.63) is 48.3 Å². The monoisotopic (exact) mass is 309 g/mol. The molecule has 1 aromatic carbocycles. The van der Waals surface area contributed by atoms with Gasteiger partial charge in [-0.1, -0.05) is 6.07 Å². The van der Waals surface area contributed by atoms with E-state index in [-0.39, 0.29) is 5.91 Å². The number of nitrogens with zero attached hydrogens (tertiary/aromatic N) is 2. The van der Waals surface area contributed by atoms with Crippen LogP contribution in [-0.2, 0) is 7.05 Å². The molecule has 1 N–H and O–H groups in total. The molecule has 1 amide bonds. The number of carbonyl (C=O) groups is 1. The van der Waals surface area contributed by atoms with Gasteiger partial charge in [0.15, 0.2) is 11.5 Å². The normalized spacial score (nSPS) is 13.1. The summed E-state index contributed by atoms with van der Waals surface area (Å²) < 4.78 is 12.9. The average molecular weight is 309 g/mol. The van der Waals surface area contributed by atoms with E-state index in [4.69, 9.17) is 9.47 Å². The second-order valence-electron chi connectivity index (χ2n) is 5.33. The molecule has 0 unspecified atom stereocenters. The fraction of sp³-hybridized carbons (Fsp3) is 0.176. The Morgan fingerprint density at radius 2 is 2.04 bits per heavy atom. The molecule has 0 bridgehead atoms. The summed E-state index contributed by atoms with van der Waals surface area (Å²) in [5.41, 5.74) is 1.62. The molecule has 3 aromatic rings. The molecule has 23 heavy (non-hydrogen) atoms. The quantitative estimate of drug-likeness (QED) is 0.790.